The summed E-state index contributed by atoms with van der Waals surface area (Å²) in [5.74, 6) is 0.473. The predicted octanol–water partition coefficient (Wildman–Crippen LogP) is 3.57. The van der Waals surface area contributed by atoms with Gasteiger partial charge < -0.3 is 5.32 Å². The molecule has 0 aliphatic rings. The third-order valence-corrected chi connectivity index (χ3v) is 3.06. The van der Waals surface area contributed by atoms with Crippen LogP contribution in [0.15, 0.2) is 30.5 Å². The lowest BCUT2D eigenvalue weighted by atomic mass is 9.99. The number of carbonyl (C=O) groups excluding carboxylic acids is 1. The van der Waals surface area contributed by atoms with Crippen LogP contribution >= 0.6 is 0 Å². The molecule has 0 saturated carbocycles. The number of aryl methyl sites for hydroxylation is 4. The number of hydrogen-bond acceptors (Lipinski definition) is 2. The second kappa shape index (κ2) is 5.22. The summed E-state index contributed by atoms with van der Waals surface area (Å²) in [4.78, 5) is 16.5. The molecule has 1 aromatic carbocycles. The first-order valence-corrected chi connectivity index (χ1v) is 6.29. The molecule has 0 spiro atoms. The summed E-state index contributed by atoms with van der Waals surface area (Å²) >= 11 is 0. The highest BCUT2D eigenvalue weighted by atomic mass is 16.1. The molecule has 0 aliphatic carbocycles. The molecule has 98 valence electrons. The standard InChI is InChI=1S/C16H18N2O/c1-10-5-6-14(17-9-10)18-16(19)15-12(3)7-11(2)8-13(15)4/h5-9H,1-4H3,(H,17,18,19). The van der Waals surface area contributed by atoms with E-state index in [1.54, 1.807) is 6.20 Å². The molecule has 3 nitrogen and oxygen atoms in total. The smallest absolute Gasteiger partial charge is 0.257 e. The Morgan fingerprint density at radius 1 is 1.00 bits per heavy atom. The van der Waals surface area contributed by atoms with Crippen LogP contribution in [-0.2, 0) is 0 Å². The van der Waals surface area contributed by atoms with E-state index in [-0.39, 0.29) is 5.91 Å². The maximum absolute atomic E-state index is 12.3. The van der Waals surface area contributed by atoms with Crippen molar-refractivity contribution in [2.75, 3.05) is 5.32 Å². The van der Waals surface area contributed by atoms with Crippen LogP contribution in [0, 0.1) is 27.7 Å². The van der Waals surface area contributed by atoms with Gasteiger partial charge in [-0.05, 0) is 50.5 Å². The quantitative estimate of drug-likeness (QED) is 0.890. The molecule has 2 aromatic rings. The van der Waals surface area contributed by atoms with Crippen molar-refractivity contribution in [2.45, 2.75) is 27.7 Å². The maximum atomic E-state index is 12.3. The van der Waals surface area contributed by atoms with Gasteiger partial charge in [-0.2, -0.15) is 0 Å². The summed E-state index contributed by atoms with van der Waals surface area (Å²) in [6.07, 6.45) is 1.74. The SMILES string of the molecule is Cc1ccc(NC(=O)c2c(C)cc(C)cc2C)nc1. The lowest BCUT2D eigenvalue weighted by Crippen LogP contribution is -2.16. The van der Waals surface area contributed by atoms with Crippen molar-refractivity contribution in [2.24, 2.45) is 0 Å². The summed E-state index contributed by atoms with van der Waals surface area (Å²) < 4.78 is 0. The molecule has 0 aliphatic heterocycles. The summed E-state index contributed by atoms with van der Waals surface area (Å²) in [5, 5.41) is 2.84. The first kappa shape index (κ1) is 13.3. The molecule has 0 unspecified atom stereocenters. The van der Waals surface area contributed by atoms with Gasteiger partial charge in [-0.25, -0.2) is 4.98 Å². The Labute approximate surface area is 113 Å². The van der Waals surface area contributed by atoms with Gasteiger partial charge in [-0.15, -0.1) is 0 Å². The van der Waals surface area contributed by atoms with E-state index in [9.17, 15) is 4.79 Å². The second-order valence-electron chi connectivity index (χ2n) is 4.95. The van der Waals surface area contributed by atoms with Gasteiger partial charge in [0, 0.05) is 11.8 Å². The number of nitrogens with zero attached hydrogens (tertiary/aromatic N) is 1. The van der Waals surface area contributed by atoms with Gasteiger partial charge in [0.15, 0.2) is 0 Å². The monoisotopic (exact) mass is 254 g/mol. The van der Waals surface area contributed by atoms with Crippen LogP contribution in [-0.4, -0.2) is 10.9 Å². The normalized spacial score (nSPS) is 10.3. The van der Waals surface area contributed by atoms with Gasteiger partial charge in [-0.3, -0.25) is 4.79 Å². The largest absolute Gasteiger partial charge is 0.307 e. The molecule has 1 N–H and O–H groups in total. The van der Waals surface area contributed by atoms with E-state index in [0.29, 0.717) is 5.82 Å². The molecule has 1 amide bonds. The van der Waals surface area contributed by atoms with Crippen molar-refractivity contribution < 1.29 is 4.79 Å². The lowest BCUT2D eigenvalue weighted by Gasteiger charge is -2.11. The molecule has 0 atom stereocenters. The minimum absolute atomic E-state index is 0.105. The van der Waals surface area contributed by atoms with Crippen LogP contribution in [0.2, 0.25) is 0 Å². The molecular formula is C16H18N2O. The predicted molar refractivity (Wildman–Crippen MR) is 77.6 cm³/mol. The molecule has 0 saturated heterocycles. The minimum Gasteiger partial charge on any atom is -0.307 e. The molecule has 2 rings (SSSR count). The highest BCUT2D eigenvalue weighted by Crippen LogP contribution is 2.17. The van der Waals surface area contributed by atoms with Gasteiger partial charge >= 0.3 is 0 Å². The fraction of sp³-hybridized carbons (Fsp3) is 0.250. The van der Waals surface area contributed by atoms with Crippen molar-refractivity contribution in [1.82, 2.24) is 4.98 Å². The van der Waals surface area contributed by atoms with Gasteiger partial charge in [-0.1, -0.05) is 23.8 Å². The topological polar surface area (TPSA) is 42.0 Å². The molecule has 0 bridgehead atoms. The van der Waals surface area contributed by atoms with Crippen molar-refractivity contribution in [3.05, 3.63) is 58.3 Å². The summed E-state index contributed by atoms with van der Waals surface area (Å²) in [7, 11) is 0. The number of hydrogen-bond donors (Lipinski definition) is 1. The fourth-order valence-corrected chi connectivity index (χ4v) is 2.26. The highest BCUT2D eigenvalue weighted by Gasteiger charge is 2.13. The highest BCUT2D eigenvalue weighted by molar-refractivity contribution is 6.05. The Hall–Kier alpha value is -2.16. The maximum Gasteiger partial charge on any atom is 0.257 e. The number of anilines is 1. The molecule has 3 heteroatoms. The van der Waals surface area contributed by atoms with Crippen LogP contribution in [0.3, 0.4) is 0 Å². The molecular weight excluding hydrogens is 236 g/mol. The Bertz CT molecular complexity index is 592. The number of rotatable bonds is 2. The second-order valence-corrected chi connectivity index (χ2v) is 4.95. The van der Waals surface area contributed by atoms with Crippen LogP contribution in [0.25, 0.3) is 0 Å². The van der Waals surface area contributed by atoms with E-state index < -0.39 is 0 Å². The van der Waals surface area contributed by atoms with Crippen LogP contribution in [0.5, 0.6) is 0 Å². The zero-order valence-electron chi connectivity index (χ0n) is 11.7. The van der Waals surface area contributed by atoms with E-state index in [1.807, 2.05) is 52.0 Å². The van der Waals surface area contributed by atoms with Crippen LogP contribution in [0.4, 0.5) is 5.82 Å². The average Bonchev–Trinajstić information content (AvgIpc) is 2.30. The zero-order valence-corrected chi connectivity index (χ0v) is 11.7. The summed E-state index contributed by atoms with van der Waals surface area (Å²) in [5.41, 5.74) is 4.94. The van der Waals surface area contributed by atoms with Gasteiger partial charge in [0.05, 0.1) is 0 Å². The molecule has 1 heterocycles. The van der Waals surface area contributed by atoms with E-state index in [0.717, 1.165) is 22.3 Å². The van der Waals surface area contributed by atoms with Gasteiger partial charge in [0.1, 0.15) is 5.82 Å². The fourth-order valence-electron chi connectivity index (χ4n) is 2.26. The number of pyridine rings is 1. The number of amides is 1. The first-order valence-electron chi connectivity index (χ1n) is 6.29. The number of nitrogens with one attached hydrogen (secondary N) is 1. The van der Waals surface area contributed by atoms with E-state index in [2.05, 4.69) is 10.3 Å². The first-order chi connectivity index (χ1) is 8.97. The third-order valence-electron chi connectivity index (χ3n) is 3.06. The van der Waals surface area contributed by atoms with Crippen LogP contribution < -0.4 is 5.32 Å². The van der Waals surface area contributed by atoms with Crippen molar-refractivity contribution >= 4 is 11.7 Å². The number of carbonyl (C=O) groups is 1. The Morgan fingerprint density at radius 2 is 1.63 bits per heavy atom. The lowest BCUT2D eigenvalue weighted by molar-refractivity contribution is 0.102. The Kier molecular flexibility index (Phi) is 3.65. The number of aromatic nitrogens is 1. The Morgan fingerprint density at radius 3 is 2.16 bits per heavy atom. The van der Waals surface area contributed by atoms with E-state index >= 15 is 0 Å². The van der Waals surface area contributed by atoms with E-state index in [4.69, 9.17) is 0 Å². The van der Waals surface area contributed by atoms with Crippen molar-refractivity contribution in [1.29, 1.82) is 0 Å². The zero-order chi connectivity index (χ0) is 14.0. The average molecular weight is 254 g/mol. The summed E-state index contributed by atoms with van der Waals surface area (Å²) in [6, 6.07) is 7.78. The molecule has 19 heavy (non-hydrogen) atoms. The van der Waals surface area contributed by atoms with Gasteiger partial charge in [0.2, 0.25) is 0 Å². The van der Waals surface area contributed by atoms with Crippen molar-refractivity contribution in [3.8, 4) is 0 Å². The number of benzene rings is 1. The van der Waals surface area contributed by atoms with Gasteiger partial charge in [0.25, 0.3) is 5.91 Å². The van der Waals surface area contributed by atoms with Crippen LogP contribution in [0.1, 0.15) is 32.6 Å². The Balaban J connectivity index is 2.28. The molecule has 0 radical (unpaired) electrons. The molecule has 0 fully saturated rings. The van der Waals surface area contributed by atoms with Crippen molar-refractivity contribution in [3.63, 3.8) is 0 Å². The molecule has 1 aromatic heterocycles. The minimum atomic E-state index is -0.105. The third kappa shape index (κ3) is 2.99. The van der Waals surface area contributed by atoms with E-state index in [1.165, 1.54) is 5.56 Å². The summed E-state index contributed by atoms with van der Waals surface area (Å²) in [6.45, 7) is 7.91.